The Balaban J connectivity index is 2.26. The summed E-state index contributed by atoms with van der Waals surface area (Å²) >= 11 is 3.27. The second-order valence-electron chi connectivity index (χ2n) is 3.45. The van der Waals surface area contributed by atoms with E-state index in [1.165, 1.54) is 16.8 Å². The van der Waals surface area contributed by atoms with Gasteiger partial charge < -0.3 is 4.98 Å². The van der Waals surface area contributed by atoms with Crippen molar-refractivity contribution >= 4 is 26.0 Å². The Morgan fingerprint density at radius 2 is 2.33 bits per heavy atom. The molecule has 15 heavy (non-hydrogen) atoms. The Morgan fingerprint density at radius 1 is 1.60 bits per heavy atom. The first-order valence-corrected chi connectivity index (χ1v) is 7.28. The van der Waals surface area contributed by atoms with Crippen LogP contribution in [0.3, 0.4) is 0 Å². The first-order chi connectivity index (χ1) is 7.16. The van der Waals surface area contributed by atoms with E-state index in [4.69, 9.17) is 0 Å². The highest BCUT2D eigenvalue weighted by Gasteiger charge is 2.38. The van der Waals surface area contributed by atoms with E-state index in [-0.39, 0.29) is 11.1 Å². The molecule has 1 aromatic rings. The lowest BCUT2D eigenvalue weighted by Crippen LogP contribution is -2.34. The minimum Gasteiger partial charge on any atom is -0.335 e. The fraction of sp³-hybridized carbons (Fsp3) is 0.625. The van der Waals surface area contributed by atoms with Gasteiger partial charge in [-0.2, -0.15) is 4.31 Å². The number of alkyl halides is 1. The molecule has 7 heteroatoms. The number of imidazole rings is 1. The van der Waals surface area contributed by atoms with Crippen molar-refractivity contribution in [3.8, 4) is 0 Å². The molecule has 0 bridgehead atoms. The zero-order valence-corrected chi connectivity index (χ0v) is 10.5. The van der Waals surface area contributed by atoms with Crippen LogP contribution < -0.4 is 0 Å². The van der Waals surface area contributed by atoms with Crippen LogP contribution in [0.2, 0.25) is 0 Å². The van der Waals surface area contributed by atoms with Crippen LogP contribution in [0.5, 0.6) is 0 Å². The van der Waals surface area contributed by atoms with Crippen molar-refractivity contribution < 1.29 is 8.42 Å². The van der Waals surface area contributed by atoms with E-state index < -0.39 is 10.0 Å². The summed E-state index contributed by atoms with van der Waals surface area (Å²) in [6.45, 7) is 0.506. The molecule has 84 valence electrons. The van der Waals surface area contributed by atoms with Gasteiger partial charge in [-0.1, -0.05) is 15.9 Å². The number of sulfonamides is 1. The maximum absolute atomic E-state index is 12.1. The maximum Gasteiger partial charge on any atom is 0.260 e. The van der Waals surface area contributed by atoms with Crippen LogP contribution in [-0.4, -0.2) is 40.6 Å². The predicted molar refractivity (Wildman–Crippen MR) is 59.3 cm³/mol. The number of nitrogens with zero attached hydrogens (tertiary/aromatic N) is 2. The van der Waals surface area contributed by atoms with Crippen molar-refractivity contribution in [1.82, 2.24) is 14.3 Å². The van der Waals surface area contributed by atoms with Gasteiger partial charge in [-0.05, 0) is 12.8 Å². The van der Waals surface area contributed by atoms with Gasteiger partial charge in [0.15, 0.2) is 5.03 Å². The van der Waals surface area contributed by atoms with Crippen LogP contribution in [0.4, 0.5) is 0 Å². The normalized spacial score (nSPS) is 17.2. The lowest BCUT2D eigenvalue weighted by atomic mass is 10.6. The van der Waals surface area contributed by atoms with Crippen molar-refractivity contribution in [3.05, 3.63) is 12.5 Å². The number of hydrogen-bond acceptors (Lipinski definition) is 3. The molecule has 1 aliphatic carbocycles. The Kier molecular flexibility index (Phi) is 3.13. The third-order valence-electron chi connectivity index (χ3n) is 2.32. The van der Waals surface area contributed by atoms with Crippen LogP contribution >= 0.6 is 15.9 Å². The van der Waals surface area contributed by atoms with E-state index in [1.807, 2.05) is 0 Å². The molecule has 0 aromatic carbocycles. The fourth-order valence-corrected chi connectivity index (χ4v) is 3.66. The van der Waals surface area contributed by atoms with Crippen molar-refractivity contribution in [3.63, 3.8) is 0 Å². The molecule has 1 N–H and O–H groups in total. The minimum atomic E-state index is -3.37. The highest BCUT2D eigenvalue weighted by Crippen LogP contribution is 2.31. The molecule has 0 aliphatic heterocycles. The summed E-state index contributed by atoms with van der Waals surface area (Å²) in [6, 6.07) is 0.177. The largest absolute Gasteiger partial charge is 0.335 e. The molecule has 1 aromatic heterocycles. The standard InChI is InChI=1S/C8H12BrN3O2S/c9-3-4-12(7-1-2-7)15(13,14)8-5-10-6-11-8/h5-7H,1-4H2,(H,10,11). The molecule has 0 atom stereocenters. The molecule has 1 saturated carbocycles. The molecule has 2 rings (SSSR count). The highest BCUT2D eigenvalue weighted by atomic mass is 79.9. The number of nitrogens with one attached hydrogen (secondary N) is 1. The topological polar surface area (TPSA) is 66.1 Å². The van der Waals surface area contributed by atoms with Crippen LogP contribution in [-0.2, 0) is 10.0 Å². The number of aromatic amines is 1. The van der Waals surface area contributed by atoms with Gasteiger partial charge in [-0.25, -0.2) is 13.4 Å². The van der Waals surface area contributed by atoms with E-state index in [0.717, 1.165) is 12.8 Å². The van der Waals surface area contributed by atoms with Crippen LogP contribution in [0.15, 0.2) is 17.6 Å². The number of hydrogen-bond donors (Lipinski definition) is 1. The zero-order chi connectivity index (χ0) is 10.9. The molecule has 0 radical (unpaired) electrons. The van der Waals surface area contributed by atoms with Crippen molar-refractivity contribution in [2.75, 3.05) is 11.9 Å². The molecule has 1 heterocycles. The van der Waals surface area contributed by atoms with Gasteiger partial charge in [0.05, 0.1) is 12.5 Å². The van der Waals surface area contributed by atoms with E-state index in [2.05, 4.69) is 25.9 Å². The summed E-state index contributed by atoms with van der Waals surface area (Å²) < 4.78 is 25.7. The van der Waals surface area contributed by atoms with Crippen molar-refractivity contribution in [2.24, 2.45) is 0 Å². The molecule has 0 amide bonds. The van der Waals surface area contributed by atoms with Gasteiger partial charge in [0, 0.05) is 17.9 Å². The number of aromatic nitrogens is 2. The Morgan fingerprint density at radius 3 is 2.80 bits per heavy atom. The monoisotopic (exact) mass is 293 g/mol. The summed E-state index contributed by atoms with van der Waals surface area (Å²) in [7, 11) is -3.37. The summed E-state index contributed by atoms with van der Waals surface area (Å²) in [5, 5.41) is 0.826. The SMILES string of the molecule is O=S(=O)(c1cnc[nH]1)N(CCBr)C1CC1. The maximum atomic E-state index is 12.1. The van der Waals surface area contributed by atoms with Crippen LogP contribution in [0.25, 0.3) is 0 Å². The first kappa shape index (κ1) is 11.1. The third-order valence-corrected chi connectivity index (χ3v) is 4.55. The third kappa shape index (κ3) is 2.24. The second-order valence-corrected chi connectivity index (χ2v) is 6.10. The van der Waals surface area contributed by atoms with Gasteiger partial charge in [0.2, 0.25) is 0 Å². The van der Waals surface area contributed by atoms with E-state index in [0.29, 0.717) is 11.9 Å². The van der Waals surface area contributed by atoms with Gasteiger partial charge in [-0.15, -0.1) is 0 Å². The van der Waals surface area contributed by atoms with E-state index in [9.17, 15) is 8.42 Å². The van der Waals surface area contributed by atoms with Crippen LogP contribution in [0.1, 0.15) is 12.8 Å². The van der Waals surface area contributed by atoms with Crippen molar-refractivity contribution in [1.29, 1.82) is 0 Å². The second kappa shape index (κ2) is 4.23. The summed E-state index contributed by atoms with van der Waals surface area (Å²) in [4.78, 5) is 6.38. The molecular formula is C8H12BrN3O2S. The molecule has 5 nitrogen and oxygen atoms in total. The van der Waals surface area contributed by atoms with Crippen LogP contribution in [0, 0.1) is 0 Å². The average molecular weight is 294 g/mol. The molecule has 1 fully saturated rings. The minimum absolute atomic E-state index is 0.176. The lowest BCUT2D eigenvalue weighted by Gasteiger charge is -2.19. The smallest absolute Gasteiger partial charge is 0.260 e. The number of rotatable bonds is 5. The molecule has 0 spiro atoms. The Labute approximate surface area is 97.1 Å². The zero-order valence-electron chi connectivity index (χ0n) is 8.06. The molecule has 0 unspecified atom stereocenters. The number of halogens is 1. The summed E-state index contributed by atoms with van der Waals surface area (Å²) in [6.07, 6.45) is 4.64. The lowest BCUT2D eigenvalue weighted by molar-refractivity contribution is 0.422. The quantitative estimate of drug-likeness (QED) is 0.823. The van der Waals surface area contributed by atoms with E-state index in [1.54, 1.807) is 0 Å². The molecular weight excluding hydrogens is 282 g/mol. The van der Waals surface area contributed by atoms with Gasteiger partial charge >= 0.3 is 0 Å². The van der Waals surface area contributed by atoms with Gasteiger partial charge in [0.25, 0.3) is 10.0 Å². The predicted octanol–water partition coefficient (Wildman–Crippen LogP) is 0.958. The van der Waals surface area contributed by atoms with Gasteiger partial charge in [0.1, 0.15) is 0 Å². The van der Waals surface area contributed by atoms with Gasteiger partial charge in [-0.3, -0.25) is 0 Å². The Hall–Kier alpha value is -0.400. The summed E-state index contributed by atoms with van der Waals surface area (Å²) in [5.74, 6) is 0. The molecule has 0 saturated heterocycles. The Bertz CT molecular complexity index is 413. The number of H-pyrrole nitrogens is 1. The summed E-state index contributed by atoms with van der Waals surface area (Å²) in [5.41, 5.74) is 0. The highest BCUT2D eigenvalue weighted by molar-refractivity contribution is 9.09. The average Bonchev–Trinajstić information content (AvgIpc) is 2.86. The fourth-order valence-electron chi connectivity index (χ4n) is 1.46. The van der Waals surface area contributed by atoms with Crippen molar-refractivity contribution in [2.45, 2.75) is 23.9 Å². The van der Waals surface area contributed by atoms with E-state index >= 15 is 0 Å². The molecule has 1 aliphatic rings. The first-order valence-electron chi connectivity index (χ1n) is 4.72.